The highest BCUT2D eigenvalue weighted by molar-refractivity contribution is 5.99. The highest BCUT2D eigenvalue weighted by Crippen LogP contribution is 2.35. The molecule has 0 spiro atoms. The van der Waals surface area contributed by atoms with Gasteiger partial charge in [0.2, 0.25) is 0 Å². The van der Waals surface area contributed by atoms with Crippen molar-refractivity contribution < 1.29 is 13.9 Å². The molecule has 4 rings (SSSR count). The van der Waals surface area contributed by atoms with Gasteiger partial charge in [-0.15, -0.1) is 0 Å². The predicted molar refractivity (Wildman–Crippen MR) is 107 cm³/mol. The van der Waals surface area contributed by atoms with Gasteiger partial charge >= 0.3 is 6.09 Å². The topological polar surface area (TPSA) is 93.0 Å². The van der Waals surface area contributed by atoms with Gasteiger partial charge in [-0.3, -0.25) is 0 Å². The molecule has 0 radical (unpaired) electrons. The number of aromatic amines is 1. The van der Waals surface area contributed by atoms with Crippen molar-refractivity contribution in [3.63, 3.8) is 0 Å². The van der Waals surface area contributed by atoms with Gasteiger partial charge in [-0.05, 0) is 57.7 Å². The molecule has 146 valence electrons. The Bertz CT molecular complexity index is 1010. The second-order valence-electron chi connectivity index (χ2n) is 7.98. The van der Waals surface area contributed by atoms with E-state index in [1.54, 1.807) is 12.6 Å². The van der Waals surface area contributed by atoms with Crippen LogP contribution in [0.25, 0.3) is 27.9 Å². The van der Waals surface area contributed by atoms with Crippen molar-refractivity contribution in [1.82, 2.24) is 20.3 Å². The molecule has 0 bridgehead atoms. The number of ether oxygens (including phenoxy) is 1. The third-order valence-electron chi connectivity index (χ3n) is 4.65. The van der Waals surface area contributed by atoms with E-state index in [-0.39, 0.29) is 12.1 Å². The zero-order valence-electron chi connectivity index (χ0n) is 16.3. The first-order chi connectivity index (χ1) is 13.4. The molecule has 0 fully saturated rings. The molecule has 1 amide bonds. The summed E-state index contributed by atoms with van der Waals surface area (Å²) in [5.41, 5.74) is 3.14. The summed E-state index contributed by atoms with van der Waals surface area (Å²) in [5, 5.41) is 3.92. The fourth-order valence-corrected chi connectivity index (χ4v) is 3.53. The fraction of sp³-hybridized carbons (Fsp3) is 0.381. The fourth-order valence-electron chi connectivity index (χ4n) is 3.53. The highest BCUT2D eigenvalue weighted by atomic mass is 16.6. The number of allylic oxidation sites excluding steroid dienone is 1. The van der Waals surface area contributed by atoms with Crippen LogP contribution in [0.2, 0.25) is 0 Å². The number of hydrogen-bond donors (Lipinski definition) is 2. The second-order valence-corrected chi connectivity index (χ2v) is 7.98. The van der Waals surface area contributed by atoms with Crippen molar-refractivity contribution in [2.24, 2.45) is 0 Å². The summed E-state index contributed by atoms with van der Waals surface area (Å²) in [7, 11) is 0. The van der Waals surface area contributed by atoms with Crippen LogP contribution < -0.4 is 5.32 Å². The molecule has 2 N–H and O–H groups in total. The lowest BCUT2D eigenvalue weighted by Gasteiger charge is -2.26. The summed E-state index contributed by atoms with van der Waals surface area (Å²) in [6.07, 6.45) is 9.33. The standard InChI is InChI=1S/C21H24N4O3/c1-21(2,3)28-20(26)25-14-7-4-6-13(10-14)18-17-15(16-8-5-9-27-16)11-22-19(17)24-12-23-18/h5-6,8-9,11-12,14H,4,7,10H2,1-3H3,(H,25,26)(H,22,23,24). The van der Waals surface area contributed by atoms with Crippen LogP contribution in [-0.2, 0) is 4.74 Å². The summed E-state index contributed by atoms with van der Waals surface area (Å²) >= 11 is 0. The summed E-state index contributed by atoms with van der Waals surface area (Å²) in [6, 6.07) is 3.78. The molecular formula is C21H24N4O3. The maximum Gasteiger partial charge on any atom is 0.407 e. The number of furan rings is 1. The number of fused-ring (bicyclic) bond motifs is 1. The normalized spacial score (nSPS) is 17.4. The Labute approximate surface area is 163 Å². The number of H-pyrrole nitrogens is 1. The van der Waals surface area contributed by atoms with Gasteiger partial charge in [0.15, 0.2) is 0 Å². The molecule has 1 unspecified atom stereocenters. The molecule has 28 heavy (non-hydrogen) atoms. The summed E-state index contributed by atoms with van der Waals surface area (Å²) in [5.74, 6) is 0.766. The molecule has 1 atom stereocenters. The zero-order chi connectivity index (χ0) is 19.7. The first-order valence-corrected chi connectivity index (χ1v) is 9.45. The Morgan fingerprint density at radius 1 is 1.36 bits per heavy atom. The molecule has 0 aromatic carbocycles. The maximum atomic E-state index is 12.2. The number of nitrogens with zero attached hydrogens (tertiary/aromatic N) is 2. The van der Waals surface area contributed by atoms with E-state index < -0.39 is 5.60 Å². The minimum Gasteiger partial charge on any atom is -0.464 e. The largest absolute Gasteiger partial charge is 0.464 e. The Morgan fingerprint density at radius 3 is 2.96 bits per heavy atom. The monoisotopic (exact) mass is 380 g/mol. The van der Waals surface area contributed by atoms with Crippen molar-refractivity contribution in [1.29, 1.82) is 0 Å². The average Bonchev–Trinajstić information content (AvgIpc) is 3.29. The van der Waals surface area contributed by atoms with Crippen molar-refractivity contribution in [3.05, 3.63) is 42.7 Å². The average molecular weight is 380 g/mol. The number of nitrogens with one attached hydrogen (secondary N) is 2. The van der Waals surface area contributed by atoms with E-state index in [4.69, 9.17) is 9.15 Å². The van der Waals surface area contributed by atoms with Crippen molar-refractivity contribution in [2.75, 3.05) is 0 Å². The molecule has 0 aliphatic heterocycles. The Hall–Kier alpha value is -3.09. The van der Waals surface area contributed by atoms with E-state index in [1.165, 1.54) is 0 Å². The number of hydrogen-bond acceptors (Lipinski definition) is 5. The van der Waals surface area contributed by atoms with Crippen molar-refractivity contribution in [3.8, 4) is 11.3 Å². The SMILES string of the molecule is CC(C)(C)OC(=O)NC1CCC=C(c2ncnc3[nH]cc(-c4ccco4)c23)C1. The molecular weight excluding hydrogens is 356 g/mol. The van der Waals surface area contributed by atoms with Crippen LogP contribution >= 0.6 is 0 Å². The number of carbonyl (C=O) groups is 1. The van der Waals surface area contributed by atoms with Gasteiger partial charge in [0.1, 0.15) is 23.3 Å². The van der Waals surface area contributed by atoms with Gasteiger partial charge in [0, 0.05) is 17.8 Å². The third kappa shape index (κ3) is 3.78. The van der Waals surface area contributed by atoms with Crippen molar-refractivity contribution in [2.45, 2.75) is 51.7 Å². The predicted octanol–water partition coefficient (Wildman–Crippen LogP) is 4.68. The van der Waals surface area contributed by atoms with Crippen LogP contribution in [-0.4, -0.2) is 32.7 Å². The third-order valence-corrected chi connectivity index (χ3v) is 4.65. The molecule has 1 aliphatic carbocycles. The lowest BCUT2D eigenvalue weighted by Crippen LogP contribution is -2.39. The molecule has 3 aromatic rings. The smallest absolute Gasteiger partial charge is 0.407 e. The van der Waals surface area contributed by atoms with Crippen LogP contribution in [0.4, 0.5) is 4.79 Å². The van der Waals surface area contributed by atoms with Gasteiger partial charge in [-0.2, -0.15) is 0 Å². The minimum absolute atomic E-state index is 0.00544. The second kappa shape index (κ2) is 7.14. The Balaban J connectivity index is 1.61. The van der Waals surface area contributed by atoms with Crippen LogP contribution in [0.1, 0.15) is 45.7 Å². The molecule has 3 aromatic heterocycles. The van der Waals surface area contributed by atoms with E-state index in [0.717, 1.165) is 46.5 Å². The number of alkyl carbamates (subject to hydrolysis) is 1. The maximum absolute atomic E-state index is 12.2. The summed E-state index contributed by atoms with van der Waals surface area (Å²) in [4.78, 5) is 24.3. The van der Waals surface area contributed by atoms with Crippen LogP contribution in [0.15, 0.2) is 41.4 Å². The molecule has 7 heteroatoms. The first kappa shape index (κ1) is 18.3. The van der Waals surface area contributed by atoms with Crippen LogP contribution in [0.3, 0.4) is 0 Å². The van der Waals surface area contributed by atoms with Gasteiger partial charge in [-0.1, -0.05) is 6.08 Å². The quantitative estimate of drug-likeness (QED) is 0.688. The molecule has 1 aliphatic rings. The van der Waals surface area contributed by atoms with Crippen molar-refractivity contribution >= 4 is 22.7 Å². The molecule has 3 heterocycles. The van der Waals surface area contributed by atoms with Crippen LogP contribution in [0, 0.1) is 0 Å². The lowest BCUT2D eigenvalue weighted by molar-refractivity contribution is 0.0502. The zero-order valence-corrected chi connectivity index (χ0v) is 16.3. The number of aromatic nitrogens is 3. The Kier molecular flexibility index (Phi) is 4.66. The van der Waals surface area contributed by atoms with E-state index >= 15 is 0 Å². The van der Waals surface area contributed by atoms with Crippen LogP contribution in [0.5, 0.6) is 0 Å². The Morgan fingerprint density at radius 2 is 2.21 bits per heavy atom. The van der Waals surface area contributed by atoms with Gasteiger partial charge in [-0.25, -0.2) is 14.8 Å². The highest BCUT2D eigenvalue weighted by Gasteiger charge is 2.25. The number of amides is 1. The molecule has 7 nitrogen and oxygen atoms in total. The van der Waals surface area contributed by atoms with Gasteiger partial charge in [0.25, 0.3) is 0 Å². The summed E-state index contributed by atoms with van der Waals surface area (Å²) < 4.78 is 11.0. The van der Waals surface area contributed by atoms with E-state index in [2.05, 4.69) is 26.3 Å². The van der Waals surface area contributed by atoms with E-state index in [9.17, 15) is 4.79 Å². The number of carbonyl (C=O) groups excluding carboxylic acids is 1. The first-order valence-electron chi connectivity index (χ1n) is 9.45. The van der Waals surface area contributed by atoms with Gasteiger partial charge < -0.3 is 19.5 Å². The molecule has 0 saturated carbocycles. The van der Waals surface area contributed by atoms with Gasteiger partial charge in [0.05, 0.1) is 17.3 Å². The molecule has 0 saturated heterocycles. The van der Waals surface area contributed by atoms with E-state index in [0.29, 0.717) is 6.42 Å². The minimum atomic E-state index is -0.515. The summed E-state index contributed by atoms with van der Waals surface area (Å²) in [6.45, 7) is 5.58. The van der Waals surface area contributed by atoms with E-state index in [1.807, 2.05) is 39.1 Å². The number of rotatable bonds is 3. The lowest BCUT2D eigenvalue weighted by atomic mass is 9.91.